The lowest BCUT2D eigenvalue weighted by atomic mass is 9.93. The number of likely N-dealkylation sites (tertiary alicyclic amines) is 1. The Morgan fingerprint density at radius 2 is 1.70 bits per heavy atom. The van der Waals surface area contributed by atoms with Gasteiger partial charge in [-0.15, -0.1) is 0 Å². The molecular weight excluding hydrogens is 288 g/mol. The summed E-state index contributed by atoms with van der Waals surface area (Å²) in [6, 6.07) is 8.49. The number of nitrogens with zero attached hydrogens (tertiary/aromatic N) is 2. The normalized spacial score (nSPS) is 21.4. The van der Waals surface area contributed by atoms with Gasteiger partial charge in [-0.05, 0) is 62.5 Å². The zero-order valence-electron chi connectivity index (χ0n) is 14.4. The average molecular weight is 318 g/mol. The molecule has 1 aromatic carbocycles. The van der Waals surface area contributed by atoms with Crippen LogP contribution in [0.2, 0.25) is 0 Å². The number of benzene rings is 1. The van der Waals surface area contributed by atoms with Crippen LogP contribution < -0.4 is 4.74 Å². The molecule has 0 N–H and O–H groups in total. The van der Waals surface area contributed by atoms with E-state index in [-0.39, 0.29) is 0 Å². The number of ether oxygens (including phenoxy) is 2. The van der Waals surface area contributed by atoms with Gasteiger partial charge in [-0.1, -0.05) is 12.1 Å². The van der Waals surface area contributed by atoms with Gasteiger partial charge in [-0.2, -0.15) is 0 Å². The second-order valence-corrected chi connectivity index (χ2v) is 6.81. The Hall–Kier alpha value is -1.10. The van der Waals surface area contributed by atoms with E-state index in [1.54, 1.807) is 7.11 Å². The molecule has 0 amide bonds. The lowest BCUT2D eigenvalue weighted by Gasteiger charge is -2.34. The van der Waals surface area contributed by atoms with Gasteiger partial charge in [0.1, 0.15) is 5.75 Å². The fraction of sp³-hybridized carbons (Fsp3) is 0.684. The van der Waals surface area contributed by atoms with Gasteiger partial charge in [0, 0.05) is 19.6 Å². The topological polar surface area (TPSA) is 24.9 Å². The van der Waals surface area contributed by atoms with E-state index in [0.717, 1.165) is 44.5 Å². The summed E-state index contributed by atoms with van der Waals surface area (Å²) in [6.45, 7) is 8.87. The Labute approximate surface area is 140 Å². The minimum atomic E-state index is 0.907. The van der Waals surface area contributed by atoms with Crippen LogP contribution in [-0.2, 0) is 11.3 Å². The molecular formula is C19H30N2O2. The lowest BCUT2D eigenvalue weighted by Crippen LogP contribution is -2.39. The minimum absolute atomic E-state index is 0.907. The molecule has 2 fully saturated rings. The van der Waals surface area contributed by atoms with Gasteiger partial charge in [0.15, 0.2) is 0 Å². The van der Waals surface area contributed by atoms with Crippen LogP contribution in [0.15, 0.2) is 24.3 Å². The second kappa shape index (κ2) is 8.67. The van der Waals surface area contributed by atoms with Gasteiger partial charge < -0.3 is 9.47 Å². The molecule has 2 aliphatic heterocycles. The summed E-state index contributed by atoms with van der Waals surface area (Å²) in [4.78, 5) is 5.15. The lowest BCUT2D eigenvalue weighted by molar-refractivity contribution is 0.0334. The Balaban J connectivity index is 1.36. The Morgan fingerprint density at radius 3 is 2.35 bits per heavy atom. The predicted molar refractivity (Wildman–Crippen MR) is 92.9 cm³/mol. The number of morpholine rings is 1. The first-order valence-corrected chi connectivity index (χ1v) is 8.99. The third-order valence-corrected chi connectivity index (χ3v) is 5.23. The molecule has 0 atom stereocenters. The molecule has 0 radical (unpaired) electrons. The first-order valence-electron chi connectivity index (χ1n) is 8.99. The van der Waals surface area contributed by atoms with Gasteiger partial charge in [0.05, 0.1) is 20.3 Å². The van der Waals surface area contributed by atoms with Crippen LogP contribution in [-0.4, -0.2) is 62.8 Å². The molecule has 0 aromatic heterocycles. The maximum absolute atomic E-state index is 5.42. The van der Waals surface area contributed by atoms with Crippen LogP contribution in [0.25, 0.3) is 0 Å². The third-order valence-electron chi connectivity index (χ3n) is 5.23. The van der Waals surface area contributed by atoms with Gasteiger partial charge in [-0.3, -0.25) is 9.80 Å². The molecule has 0 spiro atoms. The summed E-state index contributed by atoms with van der Waals surface area (Å²) >= 11 is 0. The summed E-state index contributed by atoms with van der Waals surface area (Å²) in [5, 5.41) is 0. The van der Waals surface area contributed by atoms with Crippen LogP contribution in [0.1, 0.15) is 24.8 Å². The van der Waals surface area contributed by atoms with Crippen LogP contribution in [0.4, 0.5) is 0 Å². The summed E-state index contributed by atoms with van der Waals surface area (Å²) in [7, 11) is 1.72. The highest BCUT2D eigenvalue weighted by Crippen LogP contribution is 2.23. The highest BCUT2D eigenvalue weighted by atomic mass is 16.5. The van der Waals surface area contributed by atoms with Gasteiger partial charge in [-0.25, -0.2) is 0 Å². The molecule has 2 heterocycles. The zero-order valence-corrected chi connectivity index (χ0v) is 14.4. The van der Waals surface area contributed by atoms with Crippen molar-refractivity contribution in [3.05, 3.63) is 29.8 Å². The highest BCUT2D eigenvalue weighted by Gasteiger charge is 2.20. The molecule has 0 bridgehead atoms. The largest absolute Gasteiger partial charge is 0.497 e. The molecule has 2 saturated heterocycles. The van der Waals surface area contributed by atoms with E-state index in [1.165, 1.54) is 44.5 Å². The van der Waals surface area contributed by atoms with E-state index in [2.05, 4.69) is 34.1 Å². The molecule has 128 valence electrons. The van der Waals surface area contributed by atoms with E-state index in [4.69, 9.17) is 9.47 Å². The zero-order chi connectivity index (χ0) is 15.9. The Kier molecular flexibility index (Phi) is 6.31. The van der Waals surface area contributed by atoms with Gasteiger partial charge in [0.2, 0.25) is 0 Å². The number of piperidine rings is 1. The van der Waals surface area contributed by atoms with E-state index in [1.807, 2.05) is 0 Å². The molecule has 0 aliphatic carbocycles. The maximum atomic E-state index is 5.42. The van der Waals surface area contributed by atoms with Crippen LogP contribution in [0.3, 0.4) is 0 Å². The van der Waals surface area contributed by atoms with Crippen molar-refractivity contribution in [3.8, 4) is 5.75 Å². The van der Waals surface area contributed by atoms with Crippen molar-refractivity contribution in [2.45, 2.75) is 25.8 Å². The molecule has 3 rings (SSSR count). The van der Waals surface area contributed by atoms with Crippen molar-refractivity contribution in [1.82, 2.24) is 9.80 Å². The van der Waals surface area contributed by atoms with Crippen molar-refractivity contribution in [1.29, 1.82) is 0 Å². The van der Waals surface area contributed by atoms with E-state index in [9.17, 15) is 0 Å². The standard InChI is InChI=1S/C19H30N2O2/c1-22-19-4-2-18(3-5-19)16-21-10-7-17(8-11-21)6-9-20-12-14-23-15-13-20/h2-5,17H,6-16H2,1H3. The smallest absolute Gasteiger partial charge is 0.118 e. The summed E-state index contributed by atoms with van der Waals surface area (Å²) in [5.41, 5.74) is 1.39. The summed E-state index contributed by atoms with van der Waals surface area (Å²) in [5.74, 6) is 1.85. The van der Waals surface area contributed by atoms with E-state index < -0.39 is 0 Å². The molecule has 0 unspecified atom stereocenters. The molecule has 23 heavy (non-hydrogen) atoms. The Morgan fingerprint density at radius 1 is 1.00 bits per heavy atom. The third kappa shape index (κ3) is 5.20. The SMILES string of the molecule is COc1ccc(CN2CCC(CCN3CCOCC3)CC2)cc1. The molecule has 4 nitrogen and oxygen atoms in total. The Bertz CT molecular complexity index is 449. The van der Waals surface area contributed by atoms with Crippen molar-refractivity contribution < 1.29 is 9.47 Å². The van der Waals surface area contributed by atoms with Crippen molar-refractivity contribution in [2.24, 2.45) is 5.92 Å². The molecule has 2 aliphatic rings. The number of hydrogen-bond acceptors (Lipinski definition) is 4. The van der Waals surface area contributed by atoms with Crippen LogP contribution >= 0.6 is 0 Å². The summed E-state index contributed by atoms with van der Waals surface area (Å²) in [6.07, 6.45) is 4.05. The van der Waals surface area contributed by atoms with E-state index >= 15 is 0 Å². The minimum Gasteiger partial charge on any atom is -0.497 e. The van der Waals surface area contributed by atoms with Crippen LogP contribution in [0.5, 0.6) is 5.75 Å². The van der Waals surface area contributed by atoms with Crippen molar-refractivity contribution in [3.63, 3.8) is 0 Å². The van der Waals surface area contributed by atoms with Crippen molar-refractivity contribution >= 4 is 0 Å². The highest BCUT2D eigenvalue weighted by molar-refractivity contribution is 5.27. The fourth-order valence-electron chi connectivity index (χ4n) is 3.61. The molecule has 1 aromatic rings. The quantitative estimate of drug-likeness (QED) is 0.805. The monoisotopic (exact) mass is 318 g/mol. The fourth-order valence-corrected chi connectivity index (χ4v) is 3.61. The van der Waals surface area contributed by atoms with Gasteiger partial charge >= 0.3 is 0 Å². The van der Waals surface area contributed by atoms with Crippen molar-refractivity contribution in [2.75, 3.05) is 53.0 Å². The second-order valence-electron chi connectivity index (χ2n) is 6.81. The average Bonchev–Trinajstić information content (AvgIpc) is 2.63. The van der Waals surface area contributed by atoms with Gasteiger partial charge in [0.25, 0.3) is 0 Å². The summed E-state index contributed by atoms with van der Waals surface area (Å²) < 4.78 is 10.6. The van der Waals surface area contributed by atoms with E-state index in [0.29, 0.717) is 0 Å². The molecule has 0 saturated carbocycles. The number of methoxy groups -OCH3 is 1. The predicted octanol–water partition coefficient (Wildman–Crippen LogP) is 2.63. The molecule has 4 heteroatoms. The first-order chi connectivity index (χ1) is 11.3. The number of rotatable bonds is 6. The number of hydrogen-bond donors (Lipinski definition) is 0. The maximum Gasteiger partial charge on any atom is 0.118 e. The first kappa shape index (κ1) is 16.7. The van der Waals surface area contributed by atoms with Crippen LogP contribution in [0, 0.1) is 5.92 Å².